The molecule has 0 fully saturated rings. The third-order valence-electron chi connectivity index (χ3n) is 3.77. The van der Waals surface area contributed by atoms with E-state index in [0.717, 1.165) is 22.0 Å². The first-order valence-electron chi connectivity index (χ1n) is 7.88. The van der Waals surface area contributed by atoms with Crippen molar-refractivity contribution in [3.05, 3.63) is 65.3 Å². The summed E-state index contributed by atoms with van der Waals surface area (Å²) in [5, 5.41) is 2.78. The number of carbonyl (C=O) groups excluding carboxylic acids is 1. The first kappa shape index (κ1) is 17.6. The van der Waals surface area contributed by atoms with E-state index >= 15 is 0 Å². The Morgan fingerprint density at radius 2 is 2.00 bits per heavy atom. The minimum atomic E-state index is 0.0619. The van der Waals surface area contributed by atoms with Crippen LogP contribution in [0, 0.1) is 0 Å². The zero-order valence-electron chi connectivity index (χ0n) is 14.2. The number of amides is 1. The Morgan fingerprint density at radius 3 is 2.68 bits per heavy atom. The number of thiazole rings is 1. The maximum Gasteiger partial charge on any atom is 0.228 e. The van der Waals surface area contributed by atoms with E-state index in [1.807, 2.05) is 30.6 Å². The molecule has 0 aliphatic carbocycles. The zero-order chi connectivity index (χ0) is 17.6. The average molecular weight is 370 g/mol. The van der Waals surface area contributed by atoms with Crippen LogP contribution in [-0.4, -0.2) is 34.1 Å². The number of hydrogen-bond donors (Lipinski definition) is 0. The molecule has 0 N–H and O–H groups in total. The highest BCUT2D eigenvalue weighted by Crippen LogP contribution is 2.22. The molecule has 1 amide bonds. The Labute approximate surface area is 155 Å². The van der Waals surface area contributed by atoms with E-state index in [0.29, 0.717) is 13.0 Å². The number of carbonyl (C=O) groups is 1. The van der Waals surface area contributed by atoms with Crippen LogP contribution < -0.4 is 0 Å². The number of likely N-dealkylation sites (N-methyl/N-ethyl adjacent to an activating group) is 1. The SMILES string of the molecule is CSc1ccc(CN(C)C(=O)Cc2csc(-c3ccccn3)n2)cc1. The summed E-state index contributed by atoms with van der Waals surface area (Å²) in [4.78, 5) is 24.3. The highest BCUT2D eigenvalue weighted by atomic mass is 32.2. The molecule has 3 rings (SSSR count). The van der Waals surface area contributed by atoms with Gasteiger partial charge in [-0.25, -0.2) is 4.98 Å². The molecule has 128 valence electrons. The van der Waals surface area contributed by atoms with Crippen LogP contribution in [0.5, 0.6) is 0 Å². The van der Waals surface area contributed by atoms with Crippen molar-refractivity contribution >= 4 is 29.0 Å². The molecule has 2 aromatic heterocycles. The van der Waals surface area contributed by atoms with Crippen molar-refractivity contribution in [1.29, 1.82) is 0 Å². The van der Waals surface area contributed by atoms with Gasteiger partial charge in [0.05, 0.1) is 17.8 Å². The molecule has 0 bridgehead atoms. The molecule has 0 atom stereocenters. The summed E-state index contributed by atoms with van der Waals surface area (Å²) in [5.74, 6) is 0.0619. The fourth-order valence-corrected chi connectivity index (χ4v) is 3.58. The number of hydrogen-bond acceptors (Lipinski definition) is 5. The monoisotopic (exact) mass is 369 g/mol. The molecular weight excluding hydrogens is 350 g/mol. The summed E-state index contributed by atoms with van der Waals surface area (Å²) in [6.07, 6.45) is 4.11. The number of rotatable bonds is 6. The van der Waals surface area contributed by atoms with E-state index in [1.165, 1.54) is 16.2 Å². The quantitative estimate of drug-likeness (QED) is 0.613. The summed E-state index contributed by atoms with van der Waals surface area (Å²) in [7, 11) is 1.83. The second kappa shape index (κ2) is 8.27. The maximum atomic E-state index is 12.5. The lowest BCUT2D eigenvalue weighted by atomic mass is 10.2. The summed E-state index contributed by atoms with van der Waals surface area (Å²) < 4.78 is 0. The molecule has 0 saturated carbocycles. The Morgan fingerprint density at radius 1 is 1.20 bits per heavy atom. The summed E-state index contributed by atoms with van der Waals surface area (Å²) in [6.45, 7) is 0.602. The predicted molar refractivity (Wildman–Crippen MR) is 104 cm³/mol. The van der Waals surface area contributed by atoms with E-state index in [9.17, 15) is 4.79 Å². The first-order chi connectivity index (χ1) is 12.2. The van der Waals surface area contributed by atoms with Gasteiger partial charge in [-0.15, -0.1) is 23.1 Å². The number of nitrogens with zero attached hydrogens (tertiary/aromatic N) is 3. The van der Waals surface area contributed by atoms with Gasteiger partial charge in [-0.1, -0.05) is 18.2 Å². The lowest BCUT2D eigenvalue weighted by Crippen LogP contribution is -2.27. The molecule has 4 nitrogen and oxygen atoms in total. The highest BCUT2D eigenvalue weighted by Gasteiger charge is 2.13. The molecule has 25 heavy (non-hydrogen) atoms. The van der Waals surface area contributed by atoms with Gasteiger partial charge in [-0.05, 0) is 36.1 Å². The summed E-state index contributed by atoms with van der Waals surface area (Å²) in [6, 6.07) is 14.0. The normalized spacial score (nSPS) is 10.6. The number of pyridine rings is 1. The smallest absolute Gasteiger partial charge is 0.228 e. The molecule has 1 aromatic carbocycles. The van der Waals surface area contributed by atoms with Crippen LogP contribution >= 0.6 is 23.1 Å². The topological polar surface area (TPSA) is 46.1 Å². The van der Waals surface area contributed by atoms with Gasteiger partial charge in [-0.2, -0.15) is 0 Å². The molecule has 3 aromatic rings. The van der Waals surface area contributed by atoms with E-state index < -0.39 is 0 Å². The van der Waals surface area contributed by atoms with Gasteiger partial charge in [0.2, 0.25) is 5.91 Å². The molecule has 0 aliphatic heterocycles. The number of thioether (sulfide) groups is 1. The van der Waals surface area contributed by atoms with Crippen molar-refractivity contribution < 1.29 is 4.79 Å². The molecule has 6 heteroatoms. The van der Waals surface area contributed by atoms with E-state index in [-0.39, 0.29) is 5.91 Å². The van der Waals surface area contributed by atoms with Crippen LogP contribution in [0.4, 0.5) is 0 Å². The van der Waals surface area contributed by atoms with E-state index in [4.69, 9.17) is 0 Å². The third-order valence-corrected chi connectivity index (χ3v) is 5.43. The van der Waals surface area contributed by atoms with Crippen molar-refractivity contribution in [1.82, 2.24) is 14.9 Å². The first-order valence-corrected chi connectivity index (χ1v) is 9.99. The van der Waals surface area contributed by atoms with Crippen molar-refractivity contribution in [2.24, 2.45) is 0 Å². The van der Waals surface area contributed by atoms with Crippen LogP contribution in [0.25, 0.3) is 10.7 Å². The molecule has 0 aliphatic rings. The lowest BCUT2D eigenvalue weighted by molar-refractivity contribution is -0.129. The van der Waals surface area contributed by atoms with Crippen molar-refractivity contribution in [3.63, 3.8) is 0 Å². The second-order valence-corrected chi connectivity index (χ2v) is 7.37. The van der Waals surface area contributed by atoms with Gasteiger partial charge in [0.1, 0.15) is 5.01 Å². The fourth-order valence-electron chi connectivity index (χ4n) is 2.38. The van der Waals surface area contributed by atoms with Crippen LogP contribution in [0.2, 0.25) is 0 Å². The van der Waals surface area contributed by atoms with Gasteiger partial charge in [-0.3, -0.25) is 9.78 Å². The zero-order valence-corrected chi connectivity index (χ0v) is 15.8. The largest absolute Gasteiger partial charge is 0.341 e. The van der Waals surface area contributed by atoms with Crippen molar-refractivity contribution in [2.45, 2.75) is 17.9 Å². The molecular formula is C19H19N3OS2. The molecule has 0 unspecified atom stereocenters. The predicted octanol–water partition coefficient (Wildman–Crippen LogP) is 4.13. The standard InChI is InChI=1S/C19H19N3OS2/c1-22(12-14-6-8-16(24-2)9-7-14)18(23)11-15-13-25-19(21-15)17-5-3-4-10-20-17/h3-10,13H,11-12H2,1-2H3. The maximum absolute atomic E-state index is 12.5. The van der Waals surface area contributed by atoms with Gasteiger partial charge in [0.15, 0.2) is 0 Å². The van der Waals surface area contributed by atoms with Gasteiger partial charge >= 0.3 is 0 Å². The lowest BCUT2D eigenvalue weighted by Gasteiger charge is -2.17. The Balaban J connectivity index is 1.60. The number of aromatic nitrogens is 2. The fraction of sp³-hybridized carbons (Fsp3) is 0.211. The minimum absolute atomic E-state index is 0.0619. The summed E-state index contributed by atoms with van der Waals surface area (Å²) in [5.41, 5.74) is 2.76. The minimum Gasteiger partial charge on any atom is -0.341 e. The van der Waals surface area contributed by atoms with E-state index in [1.54, 1.807) is 22.9 Å². The van der Waals surface area contributed by atoms with Crippen molar-refractivity contribution in [2.75, 3.05) is 13.3 Å². The third kappa shape index (κ3) is 4.67. The molecule has 0 radical (unpaired) electrons. The van der Waals surface area contributed by atoms with Gasteiger partial charge < -0.3 is 4.90 Å². The Bertz CT molecular complexity index is 831. The van der Waals surface area contributed by atoms with E-state index in [2.05, 4.69) is 40.5 Å². The second-order valence-electron chi connectivity index (χ2n) is 5.63. The Hall–Kier alpha value is -2.18. The van der Waals surface area contributed by atoms with Gasteiger partial charge in [0.25, 0.3) is 0 Å². The Kier molecular flexibility index (Phi) is 5.83. The van der Waals surface area contributed by atoms with Crippen LogP contribution in [-0.2, 0) is 17.8 Å². The molecule has 0 spiro atoms. The van der Waals surface area contributed by atoms with Crippen LogP contribution in [0.3, 0.4) is 0 Å². The van der Waals surface area contributed by atoms with Gasteiger partial charge in [0, 0.05) is 30.1 Å². The van der Waals surface area contributed by atoms with Crippen molar-refractivity contribution in [3.8, 4) is 10.7 Å². The molecule has 0 saturated heterocycles. The van der Waals surface area contributed by atoms with Crippen LogP contribution in [0.15, 0.2) is 58.9 Å². The summed E-state index contributed by atoms with van der Waals surface area (Å²) >= 11 is 3.23. The number of benzene rings is 1. The highest BCUT2D eigenvalue weighted by molar-refractivity contribution is 7.98. The molecule has 2 heterocycles. The van der Waals surface area contributed by atoms with Crippen LogP contribution in [0.1, 0.15) is 11.3 Å². The average Bonchev–Trinajstić information content (AvgIpc) is 3.11.